The highest BCUT2D eigenvalue weighted by molar-refractivity contribution is 6.31. The number of benzene rings is 1. The number of nitrogens with zero attached hydrogens (tertiary/aromatic N) is 1. The fourth-order valence-electron chi connectivity index (χ4n) is 3.11. The molecule has 1 amide bonds. The molecule has 2 heterocycles. The van der Waals surface area contributed by atoms with Crippen molar-refractivity contribution >= 4 is 34.8 Å². The van der Waals surface area contributed by atoms with Crippen LogP contribution in [-0.4, -0.2) is 24.0 Å². The van der Waals surface area contributed by atoms with Gasteiger partial charge >= 0.3 is 0 Å². The number of carbonyl (C=O) groups is 1. The zero-order chi connectivity index (χ0) is 17.2. The Hall–Kier alpha value is -1.62. The second-order valence-electron chi connectivity index (χ2n) is 6.32. The summed E-state index contributed by atoms with van der Waals surface area (Å²) in [6.07, 6.45) is 3.52. The molecule has 0 spiro atoms. The summed E-state index contributed by atoms with van der Waals surface area (Å²) in [5.41, 5.74) is 2.33. The van der Waals surface area contributed by atoms with E-state index in [1.807, 2.05) is 12.1 Å². The molecule has 1 aliphatic heterocycles. The molecule has 0 radical (unpaired) electrons. The lowest BCUT2D eigenvalue weighted by atomic mass is 9.74. The molecule has 2 aromatic rings. The van der Waals surface area contributed by atoms with Crippen molar-refractivity contribution in [3.05, 3.63) is 57.8 Å². The van der Waals surface area contributed by atoms with Crippen LogP contribution in [0.25, 0.3) is 0 Å². The van der Waals surface area contributed by atoms with Crippen molar-refractivity contribution in [2.45, 2.75) is 25.2 Å². The summed E-state index contributed by atoms with van der Waals surface area (Å²) in [5.74, 6) is -0.208. The number of pyridine rings is 1. The predicted octanol–water partition coefficient (Wildman–Crippen LogP) is 4.28. The number of rotatable bonds is 3. The highest BCUT2D eigenvalue weighted by Gasteiger charge is 2.31. The van der Waals surface area contributed by atoms with Crippen LogP contribution < -0.4 is 10.6 Å². The molecule has 126 valence electrons. The number of hydrogen-bond acceptors (Lipinski definition) is 3. The van der Waals surface area contributed by atoms with E-state index in [1.54, 1.807) is 18.2 Å². The molecular weight excluding hydrogens is 345 g/mol. The van der Waals surface area contributed by atoms with Crippen LogP contribution in [0.1, 0.15) is 35.7 Å². The minimum atomic E-state index is -0.208. The second-order valence-corrected chi connectivity index (χ2v) is 7.15. The first kappa shape index (κ1) is 17.2. The minimum absolute atomic E-state index is 0.0192. The van der Waals surface area contributed by atoms with Gasteiger partial charge in [0.05, 0.1) is 0 Å². The molecular formula is C18H19Cl2N3O. The molecule has 6 heteroatoms. The maximum Gasteiger partial charge on any atom is 0.255 e. The van der Waals surface area contributed by atoms with Crippen molar-refractivity contribution in [3.63, 3.8) is 0 Å². The molecule has 24 heavy (non-hydrogen) atoms. The Morgan fingerprint density at radius 3 is 2.67 bits per heavy atom. The third-order valence-corrected chi connectivity index (χ3v) is 5.02. The fourth-order valence-corrected chi connectivity index (χ4v) is 3.46. The number of amides is 1. The zero-order valence-electron chi connectivity index (χ0n) is 13.4. The van der Waals surface area contributed by atoms with Crippen LogP contribution in [-0.2, 0) is 5.41 Å². The molecule has 0 bridgehead atoms. The number of nitrogens with one attached hydrogen (secondary N) is 2. The van der Waals surface area contributed by atoms with Gasteiger partial charge in [0.25, 0.3) is 5.91 Å². The molecule has 1 fully saturated rings. The number of carbonyl (C=O) groups excluding carboxylic acids is 1. The summed E-state index contributed by atoms with van der Waals surface area (Å²) in [5, 5.41) is 7.35. The zero-order valence-corrected chi connectivity index (χ0v) is 14.9. The van der Waals surface area contributed by atoms with Crippen molar-refractivity contribution in [3.8, 4) is 0 Å². The van der Waals surface area contributed by atoms with Gasteiger partial charge in [0.1, 0.15) is 5.15 Å². The first-order valence-corrected chi connectivity index (χ1v) is 8.67. The topological polar surface area (TPSA) is 54.0 Å². The number of hydrogen-bond donors (Lipinski definition) is 2. The summed E-state index contributed by atoms with van der Waals surface area (Å²) in [7, 11) is 0. The molecule has 0 saturated carbocycles. The van der Waals surface area contributed by atoms with Gasteiger partial charge in [-0.3, -0.25) is 4.79 Å². The van der Waals surface area contributed by atoms with Crippen molar-refractivity contribution < 1.29 is 4.79 Å². The third kappa shape index (κ3) is 3.72. The van der Waals surface area contributed by atoms with Gasteiger partial charge < -0.3 is 10.6 Å². The van der Waals surface area contributed by atoms with Gasteiger partial charge in [0.15, 0.2) is 0 Å². The Morgan fingerprint density at radius 1 is 1.21 bits per heavy atom. The fraction of sp³-hybridized carbons (Fsp3) is 0.333. The van der Waals surface area contributed by atoms with Crippen molar-refractivity contribution in [2.75, 3.05) is 18.4 Å². The maximum absolute atomic E-state index is 12.5. The standard InChI is InChI=1S/C18H19Cl2N3O/c1-18(5-8-21-9-6-18)14-11-13(19)2-3-15(14)23-17(24)12-4-7-22-16(20)10-12/h2-4,7,10-11,21H,5-6,8-9H2,1H3,(H,23,24). The molecule has 2 N–H and O–H groups in total. The van der Waals surface area contributed by atoms with Crippen LogP contribution in [0, 0.1) is 0 Å². The summed E-state index contributed by atoms with van der Waals surface area (Å²) < 4.78 is 0. The molecule has 3 rings (SSSR count). The maximum atomic E-state index is 12.5. The first-order valence-electron chi connectivity index (χ1n) is 7.92. The quantitative estimate of drug-likeness (QED) is 0.800. The summed E-state index contributed by atoms with van der Waals surface area (Å²) in [6, 6.07) is 8.82. The van der Waals surface area contributed by atoms with Crippen LogP contribution >= 0.6 is 23.2 Å². The lowest BCUT2D eigenvalue weighted by Crippen LogP contribution is -2.38. The lowest BCUT2D eigenvalue weighted by Gasteiger charge is -2.36. The molecule has 1 aromatic heterocycles. The Balaban J connectivity index is 1.92. The molecule has 4 nitrogen and oxygen atoms in total. The Kier molecular flexibility index (Phi) is 5.09. The van der Waals surface area contributed by atoms with E-state index in [1.165, 1.54) is 6.20 Å². The van der Waals surface area contributed by atoms with Crippen molar-refractivity contribution in [1.29, 1.82) is 0 Å². The van der Waals surface area contributed by atoms with E-state index in [2.05, 4.69) is 22.5 Å². The van der Waals surface area contributed by atoms with E-state index >= 15 is 0 Å². The normalized spacial score (nSPS) is 16.6. The van der Waals surface area contributed by atoms with E-state index in [-0.39, 0.29) is 11.3 Å². The van der Waals surface area contributed by atoms with E-state index < -0.39 is 0 Å². The SMILES string of the molecule is CC1(c2cc(Cl)ccc2NC(=O)c2ccnc(Cl)c2)CCNCC1. The Labute approximate surface area is 151 Å². The van der Waals surface area contributed by atoms with Gasteiger partial charge in [-0.2, -0.15) is 0 Å². The van der Waals surface area contributed by atoms with Gasteiger partial charge in [-0.15, -0.1) is 0 Å². The molecule has 0 unspecified atom stereocenters. The molecule has 1 aliphatic rings. The average Bonchev–Trinajstić information content (AvgIpc) is 2.57. The molecule has 0 aliphatic carbocycles. The highest BCUT2D eigenvalue weighted by Crippen LogP contribution is 2.38. The van der Waals surface area contributed by atoms with Gasteiger partial charge in [0.2, 0.25) is 0 Å². The first-order chi connectivity index (χ1) is 11.5. The van der Waals surface area contributed by atoms with E-state index in [4.69, 9.17) is 23.2 Å². The predicted molar refractivity (Wildman–Crippen MR) is 98.1 cm³/mol. The van der Waals surface area contributed by atoms with Crippen LogP contribution in [0.2, 0.25) is 10.2 Å². The van der Waals surface area contributed by atoms with E-state index in [0.717, 1.165) is 37.2 Å². The second kappa shape index (κ2) is 7.09. The van der Waals surface area contributed by atoms with Crippen LogP contribution in [0.5, 0.6) is 0 Å². The number of anilines is 1. The molecule has 0 atom stereocenters. The van der Waals surface area contributed by atoms with Gasteiger partial charge in [-0.25, -0.2) is 4.98 Å². The third-order valence-electron chi connectivity index (χ3n) is 4.58. The summed E-state index contributed by atoms with van der Waals surface area (Å²) >= 11 is 12.1. The smallest absolute Gasteiger partial charge is 0.255 e. The largest absolute Gasteiger partial charge is 0.322 e. The van der Waals surface area contributed by atoms with Gasteiger partial charge in [-0.05, 0) is 67.2 Å². The minimum Gasteiger partial charge on any atom is -0.322 e. The average molecular weight is 364 g/mol. The molecule has 1 saturated heterocycles. The van der Waals surface area contributed by atoms with Crippen LogP contribution in [0.15, 0.2) is 36.5 Å². The summed E-state index contributed by atoms with van der Waals surface area (Å²) in [6.45, 7) is 4.13. The Morgan fingerprint density at radius 2 is 1.96 bits per heavy atom. The van der Waals surface area contributed by atoms with Gasteiger partial charge in [0, 0.05) is 22.5 Å². The van der Waals surface area contributed by atoms with Crippen molar-refractivity contribution in [2.24, 2.45) is 0 Å². The lowest BCUT2D eigenvalue weighted by molar-refractivity contribution is 0.102. The number of piperidine rings is 1. The summed E-state index contributed by atoms with van der Waals surface area (Å²) in [4.78, 5) is 16.5. The number of aromatic nitrogens is 1. The Bertz CT molecular complexity index is 758. The van der Waals surface area contributed by atoms with Gasteiger partial charge in [-0.1, -0.05) is 30.1 Å². The van der Waals surface area contributed by atoms with Crippen LogP contribution in [0.4, 0.5) is 5.69 Å². The molecule has 1 aromatic carbocycles. The highest BCUT2D eigenvalue weighted by atomic mass is 35.5. The van der Waals surface area contributed by atoms with E-state index in [9.17, 15) is 4.79 Å². The monoisotopic (exact) mass is 363 g/mol. The van der Waals surface area contributed by atoms with E-state index in [0.29, 0.717) is 15.7 Å². The number of halogens is 2. The van der Waals surface area contributed by atoms with Crippen LogP contribution in [0.3, 0.4) is 0 Å². The van der Waals surface area contributed by atoms with Crippen molar-refractivity contribution in [1.82, 2.24) is 10.3 Å².